The Labute approximate surface area is 147 Å². The van der Waals surface area contributed by atoms with E-state index in [2.05, 4.69) is 68.8 Å². The zero-order chi connectivity index (χ0) is 17.0. The molecule has 130 valence electrons. The Balaban J connectivity index is 2.35. The second-order valence-electron chi connectivity index (χ2n) is 7.07. The van der Waals surface area contributed by atoms with Gasteiger partial charge in [0.2, 0.25) is 0 Å². The minimum Gasteiger partial charge on any atom is -0.303 e. The summed E-state index contributed by atoms with van der Waals surface area (Å²) in [5.41, 5.74) is 1.61. The van der Waals surface area contributed by atoms with Gasteiger partial charge in [0.05, 0.1) is 0 Å². The fraction of sp³-hybridized carbons (Fsp3) is 0.700. The predicted octanol–water partition coefficient (Wildman–Crippen LogP) is 5.02. The Kier molecular flexibility index (Phi) is 6.53. The molecule has 0 bridgehead atoms. The molecule has 3 heteroatoms. The van der Waals surface area contributed by atoms with E-state index in [-0.39, 0.29) is 5.54 Å². The van der Waals surface area contributed by atoms with Crippen LogP contribution in [0.25, 0.3) is 0 Å². The van der Waals surface area contributed by atoms with Gasteiger partial charge in [0, 0.05) is 16.6 Å². The van der Waals surface area contributed by atoms with Crippen LogP contribution >= 0.6 is 11.6 Å². The summed E-state index contributed by atoms with van der Waals surface area (Å²) in [4.78, 5) is 5.19. The molecule has 1 aromatic rings. The van der Waals surface area contributed by atoms with Crippen molar-refractivity contribution in [1.29, 1.82) is 0 Å². The van der Waals surface area contributed by atoms with Crippen molar-refractivity contribution in [3.63, 3.8) is 0 Å². The molecule has 1 aliphatic rings. The van der Waals surface area contributed by atoms with Crippen LogP contribution in [0.1, 0.15) is 52.5 Å². The molecule has 2 rings (SSSR count). The van der Waals surface area contributed by atoms with Crippen LogP contribution in [0.5, 0.6) is 0 Å². The summed E-state index contributed by atoms with van der Waals surface area (Å²) in [6.07, 6.45) is 3.73. The SMILES string of the molecule is CCN(C)C1CCC(c2ccc(Cl)cc2)(N(CC)CC)CC1C. The maximum Gasteiger partial charge on any atom is 0.0464 e. The van der Waals surface area contributed by atoms with Crippen LogP contribution in [0.2, 0.25) is 5.02 Å². The van der Waals surface area contributed by atoms with E-state index in [1.165, 1.54) is 24.8 Å². The molecular formula is C20H33ClN2. The Hall–Kier alpha value is -0.570. The van der Waals surface area contributed by atoms with Gasteiger partial charge in [-0.3, -0.25) is 4.90 Å². The van der Waals surface area contributed by atoms with Crippen molar-refractivity contribution in [2.75, 3.05) is 26.7 Å². The van der Waals surface area contributed by atoms with E-state index in [1.54, 1.807) is 0 Å². The molecule has 0 amide bonds. The average molecular weight is 337 g/mol. The van der Waals surface area contributed by atoms with Gasteiger partial charge in [0.15, 0.2) is 0 Å². The van der Waals surface area contributed by atoms with Gasteiger partial charge in [0.25, 0.3) is 0 Å². The third kappa shape index (κ3) is 3.75. The highest BCUT2D eigenvalue weighted by atomic mass is 35.5. The minimum absolute atomic E-state index is 0.165. The molecule has 3 unspecified atom stereocenters. The largest absolute Gasteiger partial charge is 0.303 e. The van der Waals surface area contributed by atoms with Crippen LogP contribution < -0.4 is 0 Å². The number of rotatable bonds is 6. The highest BCUT2D eigenvalue weighted by molar-refractivity contribution is 6.30. The number of benzene rings is 1. The summed E-state index contributed by atoms with van der Waals surface area (Å²) in [6, 6.07) is 9.30. The molecule has 0 radical (unpaired) electrons. The lowest BCUT2D eigenvalue weighted by Gasteiger charge is -2.52. The topological polar surface area (TPSA) is 6.48 Å². The summed E-state index contributed by atoms with van der Waals surface area (Å²) >= 11 is 6.14. The van der Waals surface area contributed by atoms with Crippen LogP contribution in [0.15, 0.2) is 24.3 Å². The van der Waals surface area contributed by atoms with Crippen molar-refractivity contribution in [3.8, 4) is 0 Å². The molecule has 0 aliphatic heterocycles. The van der Waals surface area contributed by atoms with Gasteiger partial charge < -0.3 is 4.90 Å². The van der Waals surface area contributed by atoms with Gasteiger partial charge in [0.1, 0.15) is 0 Å². The molecule has 0 N–H and O–H groups in total. The molecule has 2 nitrogen and oxygen atoms in total. The van der Waals surface area contributed by atoms with Crippen LogP contribution in [0.4, 0.5) is 0 Å². The highest BCUT2D eigenvalue weighted by Gasteiger charge is 2.44. The van der Waals surface area contributed by atoms with E-state index in [1.807, 2.05) is 0 Å². The second kappa shape index (κ2) is 8.00. The Morgan fingerprint density at radius 2 is 1.70 bits per heavy atom. The van der Waals surface area contributed by atoms with Gasteiger partial charge in [-0.1, -0.05) is 51.4 Å². The van der Waals surface area contributed by atoms with E-state index < -0.39 is 0 Å². The third-order valence-electron chi connectivity index (χ3n) is 5.99. The molecule has 1 saturated carbocycles. The van der Waals surface area contributed by atoms with E-state index in [0.717, 1.165) is 24.7 Å². The number of halogens is 1. The first-order chi connectivity index (χ1) is 11.0. The van der Waals surface area contributed by atoms with Gasteiger partial charge in [-0.25, -0.2) is 0 Å². The summed E-state index contributed by atoms with van der Waals surface area (Å²) in [5.74, 6) is 0.699. The molecule has 0 saturated heterocycles. The van der Waals surface area contributed by atoms with E-state index in [4.69, 9.17) is 11.6 Å². The first-order valence-corrected chi connectivity index (χ1v) is 9.57. The molecule has 1 fully saturated rings. The summed E-state index contributed by atoms with van der Waals surface area (Å²) < 4.78 is 0. The third-order valence-corrected chi connectivity index (χ3v) is 6.24. The first-order valence-electron chi connectivity index (χ1n) is 9.19. The Bertz CT molecular complexity index is 483. The Morgan fingerprint density at radius 3 is 2.17 bits per heavy atom. The number of hydrogen-bond donors (Lipinski definition) is 0. The summed E-state index contributed by atoms with van der Waals surface area (Å²) in [6.45, 7) is 12.6. The molecule has 0 aromatic heterocycles. The molecule has 1 aromatic carbocycles. The van der Waals surface area contributed by atoms with Crippen LogP contribution in [0.3, 0.4) is 0 Å². The van der Waals surface area contributed by atoms with E-state index >= 15 is 0 Å². The fourth-order valence-corrected chi connectivity index (χ4v) is 4.78. The number of nitrogens with zero attached hydrogens (tertiary/aromatic N) is 2. The summed E-state index contributed by atoms with van der Waals surface area (Å²) in [7, 11) is 2.27. The van der Waals surface area contributed by atoms with Crippen LogP contribution in [-0.4, -0.2) is 42.5 Å². The lowest BCUT2D eigenvalue weighted by molar-refractivity contribution is 0.000479. The van der Waals surface area contributed by atoms with Gasteiger partial charge in [-0.15, -0.1) is 0 Å². The van der Waals surface area contributed by atoms with Crippen molar-refractivity contribution in [2.24, 2.45) is 5.92 Å². The predicted molar refractivity (Wildman–Crippen MR) is 101 cm³/mol. The molecule has 0 spiro atoms. The Morgan fingerprint density at radius 1 is 1.09 bits per heavy atom. The van der Waals surface area contributed by atoms with E-state index in [9.17, 15) is 0 Å². The van der Waals surface area contributed by atoms with Crippen molar-refractivity contribution >= 4 is 11.6 Å². The van der Waals surface area contributed by atoms with Crippen molar-refractivity contribution in [2.45, 2.75) is 58.5 Å². The quantitative estimate of drug-likeness (QED) is 0.719. The van der Waals surface area contributed by atoms with Crippen LogP contribution in [0, 0.1) is 5.92 Å². The average Bonchev–Trinajstić information content (AvgIpc) is 2.56. The highest BCUT2D eigenvalue weighted by Crippen LogP contribution is 2.45. The minimum atomic E-state index is 0.165. The maximum atomic E-state index is 6.14. The maximum absolute atomic E-state index is 6.14. The molecule has 0 heterocycles. The normalized spacial score (nSPS) is 28.5. The molecular weight excluding hydrogens is 304 g/mol. The van der Waals surface area contributed by atoms with E-state index in [0.29, 0.717) is 12.0 Å². The second-order valence-corrected chi connectivity index (χ2v) is 7.51. The molecule has 23 heavy (non-hydrogen) atoms. The zero-order valence-corrected chi connectivity index (χ0v) is 16.2. The first kappa shape index (κ1) is 18.8. The molecule has 3 atom stereocenters. The zero-order valence-electron chi connectivity index (χ0n) is 15.5. The summed E-state index contributed by atoms with van der Waals surface area (Å²) in [5, 5.41) is 0.830. The monoisotopic (exact) mass is 336 g/mol. The lowest BCUT2D eigenvalue weighted by Crippen LogP contribution is -2.53. The molecule has 1 aliphatic carbocycles. The fourth-order valence-electron chi connectivity index (χ4n) is 4.65. The van der Waals surface area contributed by atoms with Crippen molar-refractivity contribution in [3.05, 3.63) is 34.9 Å². The van der Waals surface area contributed by atoms with Gasteiger partial charge in [-0.05, 0) is 69.6 Å². The van der Waals surface area contributed by atoms with Gasteiger partial charge in [-0.2, -0.15) is 0 Å². The lowest BCUT2D eigenvalue weighted by atomic mass is 9.69. The van der Waals surface area contributed by atoms with Gasteiger partial charge >= 0.3 is 0 Å². The van der Waals surface area contributed by atoms with Crippen LogP contribution in [-0.2, 0) is 5.54 Å². The smallest absolute Gasteiger partial charge is 0.0464 e. The standard InChI is InChI=1S/C20H33ClN2/c1-6-22(5)19-13-14-20(15-16(19)4,23(7-2)8-3)17-9-11-18(21)12-10-17/h9-12,16,19H,6-8,13-15H2,1-5H3. The van der Waals surface area contributed by atoms with Crippen molar-refractivity contribution < 1.29 is 0 Å². The van der Waals surface area contributed by atoms with Crippen molar-refractivity contribution in [1.82, 2.24) is 9.80 Å². The number of hydrogen-bond acceptors (Lipinski definition) is 2.